The Morgan fingerprint density at radius 1 is 1.47 bits per heavy atom. The maximum absolute atomic E-state index is 13.4. The van der Waals surface area contributed by atoms with Crippen molar-refractivity contribution in [2.24, 2.45) is 5.73 Å². The fourth-order valence-electron chi connectivity index (χ4n) is 1.03. The normalized spacial score (nSPS) is 10.6. The van der Waals surface area contributed by atoms with Crippen LogP contribution in [0.4, 0.5) is 8.78 Å². The minimum Gasteiger partial charge on any atom is -0.494 e. The molecule has 0 heterocycles. The molecule has 0 aliphatic heterocycles. The lowest BCUT2D eigenvalue weighted by Crippen LogP contribution is -2.05. The first kappa shape index (κ1) is 11.2. The Morgan fingerprint density at radius 3 is 2.67 bits per heavy atom. The van der Waals surface area contributed by atoms with E-state index >= 15 is 0 Å². The van der Waals surface area contributed by atoms with E-state index in [4.69, 9.17) is 5.73 Å². The number of carbonyl (C=O) groups is 1. The van der Waals surface area contributed by atoms with Crippen LogP contribution in [0.2, 0.25) is 0 Å². The Morgan fingerprint density at radius 2 is 2.13 bits per heavy atom. The summed E-state index contributed by atoms with van der Waals surface area (Å²) in [6.07, 6.45) is 1.84. The van der Waals surface area contributed by atoms with Gasteiger partial charge < -0.3 is 10.5 Å². The molecule has 1 aromatic rings. The largest absolute Gasteiger partial charge is 0.494 e. The molecule has 0 bridgehead atoms. The number of primary amides is 1. The van der Waals surface area contributed by atoms with Crippen LogP contribution in [-0.4, -0.2) is 13.0 Å². The Labute approximate surface area is 85.1 Å². The zero-order valence-electron chi connectivity index (χ0n) is 7.96. The van der Waals surface area contributed by atoms with E-state index in [0.717, 1.165) is 24.3 Å². The van der Waals surface area contributed by atoms with Crippen LogP contribution in [0.1, 0.15) is 5.56 Å². The molecule has 2 N–H and O–H groups in total. The third-order valence-corrected chi connectivity index (χ3v) is 1.73. The molecule has 0 aromatic heterocycles. The van der Waals surface area contributed by atoms with Gasteiger partial charge in [-0.15, -0.1) is 0 Å². The average molecular weight is 213 g/mol. The van der Waals surface area contributed by atoms with Gasteiger partial charge in [-0.3, -0.25) is 4.79 Å². The van der Waals surface area contributed by atoms with Crippen molar-refractivity contribution in [2.45, 2.75) is 0 Å². The lowest BCUT2D eigenvalue weighted by molar-refractivity contribution is -0.113. The highest BCUT2D eigenvalue weighted by atomic mass is 19.1. The van der Waals surface area contributed by atoms with Crippen LogP contribution in [0.3, 0.4) is 0 Å². The molecule has 80 valence electrons. The molecular formula is C10H9F2NO2. The molecule has 0 saturated heterocycles. The second-order valence-corrected chi connectivity index (χ2v) is 2.71. The van der Waals surface area contributed by atoms with Crippen molar-refractivity contribution in [1.29, 1.82) is 0 Å². The summed E-state index contributed by atoms with van der Waals surface area (Å²) >= 11 is 0. The quantitative estimate of drug-likeness (QED) is 0.773. The molecule has 0 aliphatic carbocycles. The third-order valence-electron chi connectivity index (χ3n) is 1.73. The molecule has 1 aromatic carbocycles. The molecule has 0 fully saturated rings. The van der Waals surface area contributed by atoms with Crippen molar-refractivity contribution in [3.05, 3.63) is 35.4 Å². The first-order chi connectivity index (χ1) is 7.06. The molecule has 1 rings (SSSR count). The van der Waals surface area contributed by atoms with E-state index in [0.29, 0.717) is 0 Å². The first-order valence-corrected chi connectivity index (χ1v) is 4.05. The lowest BCUT2D eigenvalue weighted by atomic mass is 10.1. The summed E-state index contributed by atoms with van der Waals surface area (Å²) in [5.41, 5.74) is 4.46. The predicted molar refractivity (Wildman–Crippen MR) is 51.1 cm³/mol. The van der Waals surface area contributed by atoms with Gasteiger partial charge in [0, 0.05) is 6.08 Å². The van der Waals surface area contributed by atoms with Gasteiger partial charge in [-0.2, -0.15) is 0 Å². The summed E-state index contributed by atoms with van der Waals surface area (Å²) in [6.45, 7) is 0. The van der Waals surface area contributed by atoms with Gasteiger partial charge in [0.25, 0.3) is 0 Å². The first-order valence-electron chi connectivity index (χ1n) is 4.05. The van der Waals surface area contributed by atoms with Crippen molar-refractivity contribution in [3.8, 4) is 5.75 Å². The summed E-state index contributed by atoms with van der Waals surface area (Å²) in [5, 5.41) is 0. The fourth-order valence-corrected chi connectivity index (χ4v) is 1.03. The Kier molecular flexibility index (Phi) is 3.38. The number of rotatable bonds is 3. The Hall–Kier alpha value is -1.91. The Bertz CT molecular complexity index is 416. The number of hydrogen-bond acceptors (Lipinski definition) is 2. The van der Waals surface area contributed by atoms with E-state index in [2.05, 4.69) is 4.74 Å². The zero-order chi connectivity index (χ0) is 11.4. The van der Waals surface area contributed by atoms with E-state index in [-0.39, 0.29) is 11.3 Å². The molecule has 0 spiro atoms. The topological polar surface area (TPSA) is 52.3 Å². The van der Waals surface area contributed by atoms with Gasteiger partial charge in [-0.05, 0) is 18.2 Å². The zero-order valence-corrected chi connectivity index (χ0v) is 7.96. The minimum absolute atomic E-state index is 0.0967. The van der Waals surface area contributed by atoms with Crippen molar-refractivity contribution in [2.75, 3.05) is 7.11 Å². The van der Waals surface area contributed by atoms with Gasteiger partial charge in [0.1, 0.15) is 5.82 Å². The van der Waals surface area contributed by atoms with Crippen LogP contribution in [0.25, 0.3) is 6.08 Å². The minimum atomic E-state index is -0.866. The highest BCUT2D eigenvalue weighted by Crippen LogP contribution is 2.23. The van der Waals surface area contributed by atoms with Crippen molar-refractivity contribution >= 4 is 12.0 Å². The van der Waals surface area contributed by atoms with Crippen molar-refractivity contribution in [1.82, 2.24) is 0 Å². The molecule has 5 heteroatoms. The van der Waals surface area contributed by atoms with Gasteiger partial charge in [-0.25, -0.2) is 8.78 Å². The van der Waals surface area contributed by atoms with Gasteiger partial charge in [0.2, 0.25) is 5.91 Å². The van der Waals surface area contributed by atoms with Crippen LogP contribution in [0.5, 0.6) is 5.75 Å². The molecule has 15 heavy (non-hydrogen) atoms. The molecular weight excluding hydrogens is 204 g/mol. The summed E-state index contributed by atoms with van der Waals surface area (Å²) < 4.78 is 31.2. The van der Waals surface area contributed by atoms with Crippen LogP contribution >= 0.6 is 0 Å². The van der Waals surface area contributed by atoms with E-state index in [1.54, 1.807) is 0 Å². The highest BCUT2D eigenvalue weighted by molar-refractivity contribution is 5.90. The highest BCUT2D eigenvalue weighted by Gasteiger charge is 2.11. The van der Waals surface area contributed by atoms with Crippen LogP contribution in [0, 0.1) is 11.6 Å². The van der Waals surface area contributed by atoms with Crippen molar-refractivity contribution < 1.29 is 18.3 Å². The summed E-state index contributed by atoms with van der Waals surface area (Å²) in [6, 6.07) is 2.20. The maximum atomic E-state index is 13.4. The molecule has 3 nitrogen and oxygen atoms in total. The fraction of sp³-hybridized carbons (Fsp3) is 0.100. The van der Waals surface area contributed by atoms with E-state index in [1.165, 1.54) is 7.11 Å². The van der Waals surface area contributed by atoms with E-state index < -0.39 is 17.5 Å². The molecule has 0 aliphatic rings. The van der Waals surface area contributed by atoms with Crippen LogP contribution in [0.15, 0.2) is 18.2 Å². The number of benzene rings is 1. The molecule has 1 amide bonds. The Balaban J connectivity index is 3.21. The van der Waals surface area contributed by atoms with Gasteiger partial charge in [0.05, 0.1) is 12.7 Å². The summed E-state index contributed by atoms with van der Waals surface area (Å²) in [5.74, 6) is -2.53. The monoisotopic (exact) mass is 213 g/mol. The summed E-state index contributed by atoms with van der Waals surface area (Å²) in [4.78, 5) is 10.4. The predicted octanol–water partition coefficient (Wildman–Crippen LogP) is 1.47. The number of ether oxygens (including phenoxy) is 1. The van der Waals surface area contributed by atoms with Gasteiger partial charge in [0.15, 0.2) is 11.6 Å². The number of carbonyl (C=O) groups excluding carboxylic acids is 1. The summed E-state index contributed by atoms with van der Waals surface area (Å²) in [7, 11) is 1.26. The third kappa shape index (κ3) is 2.52. The van der Waals surface area contributed by atoms with Gasteiger partial charge in [-0.1, -0.05) is 0 Å². The SMILES string of the molecule is COc1ccc(F)c(C=CC(N)=O)c1F. The number of amides is 1. The molecule has 0 saturated carbocycles. The molecule has 0 atom stereocenters. The second-order valence-electron chi connectivity index (χ2n) is 2.71. The molecule has 0 unspecified atom stereocenters. The van der Waals surface area contributed by atoms with Crippen LogP contribution < -0.4 is 10.5 Å². The molecule has 0 radical (unpaired) electrons. The maximum Gasteiger partial charge on any atom is 0.241 e. The van der Waals surface area contributed by atoms with E-state index in [1.807, 2.05) is 0 Å². The standard InChI is InChI=1S/C10H9F2NO2/c1-15-8-4-3-7(11)6(10(8)12)2-5-9(13)14/h2-5H,1H3,(H2,13,14). The van der Waals surface area contributed by atoms with Gasteiger partial charge >= 0.3 is 0 Å². The number of nitrogens with two attached hydrogens (primary N) is 1. The number of methoxy groups -OCH3 is 1. The number of hydrogen-bond donors (Lipinski definition) is 1. The smallest absolute Gasteiger partial charge is 0.241 e. The second kappa shape index (κ2) is 4.54. The van der Waals surface area contributed by atoms with E-state index in [9.17, 15) is 13.6 Å². The average Bonchev–Trinajstić information content (AvgIpc) is 2.17. The van der Waals surface area contributed by atoms with Crippen LogP contribution in [-0.2, 0) is 4.79 Å². The number of halogens is 2. The van der Waals surface area contributed by atoms with Crippen molar-refractivity contribution in [3.63, 3.8) is 0 Å². The lowest BCUT2D eigenvalue weighted by Gasteiger charge is -2.04.